The van der Waals surface area contributed by atoms with Crippen molar-refractivity contribution in [1.29, 1.82) is 0 Å². The number of benzene rings is 3. The second-order valence-corrected chi connectivity index (χ2v) is 9.10. The Morgan fingerprint density at radius 1 is 0.914 bits per heavy atom. The number of anilines is 1. The number of halogens is 1. The van der Waals surface area contributed by atoms with Crippen LogP contribution in [0.3, 0.4) is 0 Å². The topological polar surface area (TPSA) is 77.0 Å². The van der Waals surface area contributed by atoms with E-state index in [1.165, 1.54) is 12.4 Å². The number of methoxy groups -OCH3 is 1. The maximum absolute atomic E-state index is 14.1. The average molecular weight is 485 g/mol. The number of aryl methyl sites for hydroxylation is 1. The normalized spacial score (nSPS) is 11.9. The molecule has 5 rings (SSSR count). The summed E-state index contributed by atoms with van der Waals surface area (Å²) in [6, 6.07) is 20.0. The van der Waals surface area contributed by atoms with Gasteiger partial charge in [-0.1, -0.05) is 24.3 Å². The van der Waals surface area contributed by atoms with E-state index in [-0.39, 0.29) is 5.82 Å². The SMILES string of the molecule is COc1cc(-c2ccc(C)c(F)c2)ccc1-c1nccc2cc(S(=O)Nc3ccncn3)ccc12. The van der Waals surface area contributed by atoms with E-state index in [0.717, 1.165) is 33.2 Å². The van der Waals surface area contributed by atoms with Crippen LogP contribution in [0.15, 0.2) is 90.3 Å². The van der Waals surface area contributed by atoms with Crippen molar-refractivity contribution in [3.05, 3.63) is 96.8 Å². The molecule has 0 aliphatic rings. The summed E-state index contributed by atoms with van der Waals surface area (Å²) in [6.07, 6.45) is 4.69. The van der Waals surface area contributed by atoms with Gasteiger partial charge in [0.1, 0.15) is 23.7 Å². The van der Waals surface area contributed by atoms with Gasteiger partial charge >= 0.3 is 0 Å². The van der Waals surface area contributed by atoms with Crippen molar-refractivity contribution in [1.82, 2.24) is 15.0 Å². The zero-order valence-corrected chi connectivity index (χ0v) is 19.8. The zero-order chi connectivity index (χ0) is 24.4. The highest BCUT2D eigenvalue weighted by Crippen LogP contribution is 2.37. The van der Waals surface area contributed by atoms with Gasteiger partial charge in [0.25, 0.3) is 0 Å². The molecule has 0 saturated heterocycles. The van der Waals surface area contributed by atoms with Crippen molar-refractivity contribution in [2.45, 2.75) is 11.8 Å². The van der Waals surface area contributed by atoms with Crippen molar-refractivity contribution >= 4 is 27.6 Å². The number of hydrogen-bond donors (Lipinski definition) is 1. The Hall–Kier alpha value is -4.17. The maximum Gasteiger partial charge on any atom is 0.151 e. The highest BCUT2D eigenvalue weighted by Gasteiger charge is 2.14. The molecule has 0 spiro atoms. The van der Waals surface area contributed by atoms with Crippen LogP contribution in [0.2, 0.25) is 0 Å². The van der Waals surface area contributed by atoms with Crippen LogP contribution < -0.4 is 9.46 Å². The van der Waals surface area contributed by atoms with Gasteiger partial charge in [-0.2, -0.15) is 0 Å². The van der Waals surface area contributed by atoms with Crippen LogP contribution >= 0.6 is 0 Å². The summed E-state index contributed by atoms with van der Waals surface area (Å²) in [5.74, 6) is 0.859. The Balaban J connectivity index is 1.51. The van der Waals surface area contributed by atoms with E-state index in [1.54, 1.807) is 44.6 Å². The molecule has 1 unspecified atom stereocenters. The van der Waals surface area contributed by atoms with Crippen LogP contribution in [0.25, 0.3) is 33.2 Å². The van der Waals surface area contributed by atoms with Crippen molar-refractivity contribution in [2.24, 2.45) is 0 Å². The van der Waals surface area contributed by atoms with Crippen molar-refractivity contribution in [3.8, 4) is 28.1 Å². The smallest absolute Gasteiger partial charge is 0.151 e. The minimum Gasteiger partial charge on any atom is -0.496 e. The maximum atomic E-state index is 14.1. The van der Waals surface area contributed by atoms with Crippen LogP contribution in [-0.2, 0) is 11.0 Å². The van der Waals surface area contributed by atoms with Gasteiger partial charge in [0.05, 0.1) is 17.7 Å². The quantitative estimate of drug-likeness (QED) is 0.322. The standard InChI is InChI=1S/C27H21FN4O2S/c1-17-3-4-18(14-24(17)28)19-5-7-23(25(15-19)34-2)27-22-8-6-21(13-20(22)9-12-30-27)35(33)32-26-10-11-29-16-31-26/h3-16H,1-2H3,(H,29,31,32). The monoisotopic (exact) mass is 484 g/mol. The number of nitrogens with one attached hydrogen (secondary N) is 1. The molecule has 2 aromatic heterocycles. The second kappa shape index (κ2) is 9.60. The van der Waals surface area contributed by atoms with Crippen LogP contribution in [-0.4, -0.2) is 26.3 Å². The summed E-state index contributed by atoms with van der Waals surface area (Å²) in [5, 5.41) is 1.78. The Bertz CT molecular complexity index is 1560. The van der Waals surface area contributed by atoms with Gasteiger partial charge in [0.15, 0.2) is 11.0 Å². The molecule has 1 N–H and O–H groups in total. The molecule has 0 radical (unpaired) electrons. The fourth-order valence-electron chi connectivity index (χ4n) is 3.83. The first-order chi connectivity index (χ1) is 17.0. The van der Waals surface area contributed by atoms with Crippen molar-refractivity contribution in [3.63, 3.8) is 0 Å². The van der Waals surface area contributed by atoms with E-state index in [0.29, 0.717) is 22.0 Å². The van der Waals surface area contributed by atoms with Gasteiger partial charge < -0.3 is 4.74 Å². The third-order valence-corrected chi connectivity index (χ3v) is 6.77. The first-order valence-electron chi connectivity index (χ1n) is 10.8. The molecule has 35 heavy (non-hydrogen) atoms. The number of aromatic nitrogens is 3. The average Bonchev–Trinajstić information content (AvgIpc) is 2.89. The second-order valence-electron chi connectivity index (χ2n) is 7.89. The molecular formula is C27H21FN4O2S. The summed E-state index contributed by atoms with van der Waals surface area (Å²) in [7, 11) is 0.109. The number of fused-ring (bicyclic) bond motifs is 1. The molecule has 5 aromatic rings. The highest BCUT2D eigenvalue weighted by molar-refractivity contribution is 7.86. The predicted octanol–water partition coefficient (Wildman–Crippen LogP) is 5.95. The summed E-state index contributed by atoms with van der Waals surface area (Å²) in [5.41, 5.74) is 3.76. The van der Waals surface area contributed by atoms with Gasteiger partial charge in [-0.05, 0) is 71.5 Å². The lowest BCUT2D eigenvalue weighted by Crippen LogP contribution is -2.06. The number of nitrogens with zero attached hydrogens (tertiary/aromatic N) is 3. The number of hydrogen-bond acceptors (Lipinski definition) is 5. The lowest BCUT2D eigenvalue weighted by molar-refractivity contribution is 0.416. The first-order valence-corrected chi connectivity index (χ1v) is 12.0. The number of ether oxygens (including phenoxy) is 1. The summed E-state index contributed by atoms with van der Waals surface area (Å²) < 4.78 is 35.5. The van der Waals surface area contributed by atoms with Crippen molar-refractivity contribution < 1.29 is 13.3 Å². The minimum atomic E-state index is -1.49. The number of rotatable bonds is 6. The van der Waals surface area contributed by atoms with Gasteiger partial charge in [-0.15, -0.1) is 0 Å². The van der Waals surface area contributed by atoms with E-state index < -0.39 is 11.0 Å². The van der Waals surface area contributed by atoms with Gasteiger partial charge in [-0.3, -0.25) is 9.71 Å². The molecule has 174 valence electrons. The summed E-state index contributed by atoms with van der Waals surface area (Å²) in [6.45, 7) is 1.74. The molecule has 6 nitrogen and oxygen atoms in total. The van der Waals surface area contributed by atoms with Crippen molar-refractivity contribution in [2.75, 3.05) is 11.8 Å². The third-order valence-electron chi connectivity index (χ3n) is 5.69. The van der Waals surface area contributed by atoms with Crippen LogP contribution in [0.1, 0.15) is 5.56 Å². The lowest BCUT2D eigenvalue weighted by Gasteiger charge is -2.13. The molecule has 8 heteroatoms. The first kappa shape index (κ1) is 22.6. The lowest BCUT2D eigenvalue weighted by atomic mass is 9.98. The molecule has 0 bridgehead atoms. The van der Waals surface area contributed by atoms with Gasteiger partial charge in [0.2, 0.25) is 0 Å². The van der Waals surface area contributed by atoms with E-state index >= 15 is 0 Å². The summed E-state index contributed by atoms with van der Waals surface area (Å²) in [4.78, 5) is 13.1. The molecule has 3 aromatic carbocycles. The van der Waals surface area contributed by atoms with E-state index in [9.17, 15) is 8.60 Å². The van der Waals surface area contributed by atoms with Crippen LogP contribution in [0, 0.1) is 12.7 Å². The minimum absolute atomic E-state index is 0.247. The molecule has 0 amide bonds. The largest absolute Gasteiger partial charge is 0.496 e. The molecular weight excluding hydrogens is 463 g/mol. The van der Waals surface area contributed by atoms with Gasteiger partial charge in [0, 0.05) is 23.3 Å². The predicted molar refractivity (Wildman–Crippen MR) is 136 cm³/mol. The molecule has 0 aliphatic heterocycles. The molecule has 0 aliphatic carbocycles. The zero-order valence-electron chi connectivity index (χ0n) is 19.0. The van der Waals surface area contributed by atoms with Gasteiger partial charge in [-0.25, -0.2) is 18.6 Å². The van der Waals surface area contributed by atoms with E-state index in [1.807, 2.05) is 42.5 Å². The Kier molecular flexibility index (Phi) is 6.20. The van der Waals surface area contributed by atoms with Crippen LogP contribution in [0.5, 0.6) is 5.75 Å². The third kappa shape index (κ3) is 4.61. The summed E-state index contributed by atoms with van der Waals surface area (Å²) >= 11 is 0. The fourth-order valence-corrected chi connectivity index (χ4v) is 4.68. The molecule has 2 heterocycles. The Labute approximate surface area is 204 Å². The fraction of sp³-hybridized carbons (Fsp3) is 0.0741. The molecule has 0 fully saturated rings. The van der Waals surface area contributed by atoms with E-state index in [4.69, 9.17) is 4.74 Å². The molecule has 0 saturated carbocycles. The Morgan fingerprint density at radius 2 is 1.74 bits per heavy atom. The Morgan fingerprint density at radius 3 is 2.51 bits per heavy atom. The molecule has 1 atom stereocenters. The highest BCUT2D eigenvalue weighted by atomic mass is 32.2. The number of pyridine rings is 1. The van der Waals surface area contributed by atoms with E-state index in [2.05, 4.69) is 19.7 Å². The van der Waals surface area contributed by atoms with Crippen LogP contribution in [0.4, 0.5) is 10.2 Å².